The van der Waals surface area contributed by atoms with Crippen molar-refractivity contribution in [2.24, 2.45) is 11.1 Å². The van der Waals surface area contributed by atoms with Crippen LogP contribution in [0.2, 0.25) is 5.02 Å². The van der Waals surface area contributed by atoms with E-state index in [4.69, 9.17) is 17.3 Å². The van der Waals surface area contributed by atoms with Gasteiger partial charge in [-0.05, 0) is 30.5 Å². The molecule has 0 radical (unpaired) electrons. The van der Waals surface area contributed by atoms with Gasteiger partial charge in [0.05, 0.1) is 5.02 Å². The lowest BCUT2D eigenvalue weighted by atomic mass is 9.90. The summed E-state index contributed by atoms with van der Waals surface area (Å²) in [4.78, 5) is 18.0. The third kappa shape index (κ3) is 4.21. The molecule has 0 spiro atoms. The van der Waals surface area contributed by atoms with Gasteiger partial charge in [-0.3, -0.25) is 4.79 Å². The first-order valence-corrected chi connectivity index (χ1v) is 6.03. The second-order valence-corrected chi connectivity index (χ2v) is 5.29. The Morgan fingerprint density at radius 3 is 2.68 bits per heavy atom. The highest BCUT2D eigenvalue weighted by molar-refractivity contribution is 6.30. The molecule has 0 bridgehead atoms. The fourth-order valence-electron chi connectivity index (χ4n) is 2.03. The monoisotopic (exact) mass is 325 g/mol. The molecule has 1 unspecified atom stereocenters. The van der Waals surface area contributed by atoms with E-state index < -0.39 is 0 Å². The standard InChI is InChI=1S/C12H16ClN3O.2ClH/c1-12(7-14)4-5-16(8-12)11(17)10-3-2-9(13)6-15-10;;/h2-3,6H,4-5,7-8,14H2,1H3;2*1H. The Morgan fingerprint density at radius 1 is 1.53 bits per heavy atom. The van der Waals surface area contributed by atoms with E-state index in [1.807, 2.05) is 4.90 Å². The van der Waals surface area contributed by atoms with E-state index in [0.717, 1.165) is 13.0 Å². The lowest BCUT2D eigenvalue weighted by molar-refractivity contribution is 0.0771. The minimum absolute atomic E-state index is 0. The van der Waals surface area contributed by atoms with Gasteiger partial charge in [-0.1, -0.05) is 18.5 Å². The highest BCUT2D eigenvalue weighted by Crippen LogP contribution is 2.29. The predicted octanol–water partition coefficient (Wildman–Crippen LogP) is 2.39. The number of pyridine rings is 1. The van der Waals surface area contributed by atoms with Gasteiger partial charge in [0.15, 0.2) is 0 Å². The lowest BCUT2D eigenvalue weighted by Gasteiger charge is -2.22. The second-order valence-electron chi connectivity index (χ2n) is 4.85. The Labute approximate surface area is 130 Å². The first kappa shape index (κ1) is 18.4. The number of aromatic nitrogens is 1. The number of halogens is 3. The Bertz CT molecular complexity index is 427. The summed E-state index contributed by atoms with van der Waals surface area (Å²) in [5.41, 5.74) is 6.20. The molecule has 19 heavy (non-hydrogen) atoms. The van der Waals surface area contributed by atoms with Crippen LogP contribution in [0.3, 0.4) is 0 Å². The van der Waals surface area contributed by atoms with Crippen LogP contribution in [0.15, 0.2) is 18.3 Å². The molecule has 4 nitrogen and oxygen atoms in total. The van der Waals surface area contributed by atoms with E-state index in [1.165, 1.54) is 6.20 Å². The van der Waals surface area contributed by atoms with Crippen molar-refractivity contribution in [1.82, 2.24) is 9.88 Å². The fourth-order valence-corrected chi connectivity index (χ4v) is 2.14. The molecular weight excluding hydrogens is 309 g/mol. The van der Waals surface area contributed by atoms with Gasteiger partial charge in [-0.2, -0.15) is 0 Å². The number of likely N-dealkylation sites (tertiary alicyclic amines) is 1. The average Bonchev–Trinajstić information content (AvgIpc) is 2.73. The van der Waals surface area contributed by atoms with Crippen LogP contribution in [0.25, 0.3) is 0 Å². The number of nitrogens with two attached hydrogens (primary N) is 1. The third-order valence-corrected chi connectivity index (χ3v) is 3.51. The zero-order valence-corrected chi connectivity index (χ0v) is 13.0. The van der Waals surface area contributed by atoms with Crippen molar-refractivity contribution in [1.29, 1.82) is 0 Å². The molecule has 1 atom stereocenters. The minimum atomic E-state index is -0.0427. The van der Waals surface area contributed by atoms with Crippen LogP contribution in [0.4, 0.5) is 0 Å². The largest absolute Gasteiger partial charge is 0.337 e. The molecule has 0 aliphatic carbocycles. The Balaban J connectivity index is 0.00000162. The van der Waals surface area contributed by atoms with Gasteiger partial charge in [-0.15, -0.1) is 24.8 Å². The van der Waals surface area contributed by atoms with Gasteiger partial charge in [0, 0.05) is 19.3 Å². The molecule has 1 aromatic heterocycles. The Hall–Kier alpha value is -0.550. The van der Waals surface area contributed by atoms with Gasteiger partial charge in [0.1, 0.15) is 5.69 Å². The van der Waals surface area contributed by atoms with Crippen molar-refractivity contribution in [2.75, 3.05) is 19.6 Å². The van der Waals surface area contributed by atoms with Crippen molar-refractivity contribution in [3.63, 3.8) is 0 Å². The van der Waals surface area contributed by atoms with Crippen LogP contribution in [-0.2, 0) is 0 Å². The Morgan fingerprint density at radius 2 is 2.21 bits per heavy atom. The van der Waals surface area contributed by atoms with Crippen LogP contribution in [0.5, 0.6) is 0 Å². The zero-order valence-electron chi connectivity index (χ0n) is 10.6. The molecule has 2 heterocycles. The van der Waals surface area contributed by atoms with E-state index in [1.54, 1.807) is 12.1 Å². The fraction of sp³-hybridized carbons (Fsp3) is 0.500. The van der Waals surface area contributed by atoms with Crippen LogP contribution >= 0.6 is 36.4 Å². The highest BCUT2D eigenvalue weighted by Gasteiger charge is 2.35. The van der Waals surface area contributed by atoms with E-state index in [9.17, 15) is 4.79 Å². The summed E-state index contributed by atoms with van der Waals surface area (Å²) in [6, 6.07) is 3.34. The lowest BCUT2D eigenvalue weighted by Crippen LogP contribution is -2.34. The summed E-state index contributed by atoms with van der Waals surface area (Å²) >= 11 is 5.74. The molecule has 1 aromatic rings. The number of rotatable bonds is 2. The number of carbonyl (C=O) groups excluding carboxylic acids is 1. The summed E-state index contributed by atoms with van der Waals surface area (Å²) in [5.74, 6) is -0.0427. The zero-order chi connectivity index (χ0) is 12.5. The maximum absolute atomic E-state index is 12.1. The molecule has 2 N–H and O–H groups in total. The number of carbonyl (C=O) groups is 1. The highest BCUT2D eigenvalue weighted by atomic mass is 35.5. The maximum Gasteiger partial charge on any atom is 0.272 e. The molecule has 0 saturated carbocycles. The molecule has 1 fully saturated rings. The molecule has 1 aliphatic heterocycles. The first-order valence-electron chi connectivity index (χ1n) is 5.65. The quantitative estimate of drug-likeness (QED) is 0.908. The van der Waals surface area contributed by atoms with Crippen LogP contribution in [0.1, 0.15) is 23.8 Å². The normalized spacial score (nSPS) is 21.5. The van der Waals surface area contributed by atoms with Gasteiger partial charge in [-0.25, -0.2) is 4.98 Å². The van der Waals surface area contributed by atoms with E-state index in [2.05, 4.69) is 11.9 Å². The SMILES string of the molecule is CC1(CN)CCN(C(=O)c2ccc(Cl)cn2)C1.Cl.Cl. The average molecular weight is 327 g/mol. The van der Waals surface area contributed by atoms with E-state index >= 15 is 0 Å². The van der Waals surface area contributed by atoms with Crippen LogP contribution in [-0.4, -0.2) is 35.4 Å². The summed E-state index contributed by atoms with van der Waals surface area (Å²) < 4.78 is 0. The molecule has 1 saturated heterocycles. The molecule has 0 aromatic carbocycles. The second kappa shape index (κ2) is 7.29. The smallest absolute Gasteiger partial charge is 0.272 e. The third-order valence-electron chi connectivity index (χ3n) is 3.28. The molecular formula is C12H18Cl3N3O. The summed E-state index contributed by atoms with van der Waals surface area (Å²) in [7, 11) is 0. The van der Waals surface area contributed by atoms with Crippen molar-refractivity contribution < 1.29 is 4.79 Å². The number of hydrogen-bond donors (Lipinski definition) is 1. The van der Waals surface area contributed by atoms with Gasteiger partial charge in [0.25, 0.3) is 5.91 Å². The Kier molecular flexibility index (Phi) is 7.08. The van der Waals surface area contributed by atoms with Crippen molar-refractivity contribution in [3.05, 3.63) is 29.0 Å². The molecule has 1 amide bonds. The van der Waals surface area contributed by atoms with Gasteiger partial charge < -0.3 is 10.6 Å². The number of hydrogen-bond acceptors (Lipinski definition) is 3. The van der Waals surface area contributed by atoms with E-state index in [0.29, 0.717) is 23.8 Å². The van der Waals surface area contributed by atoms with Crippen LogP contribution < -0.4 is 5.73 Å². The minimum Gasteiger partial charge on any atom is -0.337 e. The van der Waals surface area contributed by atoms with Gasteiger partial charge in [0.2, 0.25) is 0 Å². The number of nitrogens with zero attached hydrogens (tertiary/aromatic N) is 2. The van der Waals surface area contributed by atoms with Crippen molar-refractivity contribution >= 4 is 42.3 Å². The number of amides is 1. The molecule has 108 valence electrons. The predicted molar refractivity (Wildman–Crippen MR) is 81.4 cm³/mol. The van der Waals surface area contributed by atoms with Crippen molar-refractivity contribution in [2.45, 2.75) is 13.3 Å². The molecule has 1 aliphatic rings. The summed E-state index contributed by atoms with van der Waals surface area (Å²) in [5, 5.41) is 0.537. The summed E-state index contributed by atoms with van der Waals surface area (Å²) in [6.45, 7) is 4.16. The topological polar surface area (TPSA) is 59.2 Å². The van der Waals surface area contributed by atoms with Gasteiger partial charge >= 0.3 is 0 Å². The van der Waals surface area contributed by atoms with E-state index in [-0.39, 0.29) is 36.1 Å². The molecule has 7 heteroatoms. The van der Waals surface area contributed by atoms with Crippen LogP contribution in [0, 0.1) is 5.41 Å². The first-order chi connectivity index (χ1) is 8.04. The maximum atomic E-state index is 12.1. The van der Waals surface area contributed by atoms with Crippen molar-refractivity contribution in [3.8, 4) is 0 Å². The summed E-state index contributed by atoms with van der Waals surface area (Å²) in [6.07, 6.45) is 2.44. The molecule has 2 rings (SSSR count).